The molecule has 0 bridgehead atoms. The average Bonchev–Trinajstić information content (AvgIpc) is 2.25. The molecule has 0 aliphatic rings. The standard InChI is InChI=1S/C14H25NO.C2H4/c1-10(2)15-13(16)11(3)8-9-12(4)14(5,6)7;1-2/h8-10H,1-7H3,(H,15,16);1-2H2/b11-8+,12-9+;. The zero-order valence-corrected chi connectivity index (χ0v) is 13.1. The predicted molar refractivity (Wildman–Crippen MR) is 81.5 cm³/mol. The number of amides is 1. The van der Waals surface area contributed by atoms with Crippen LogP contribution < -0.4 is 5.32 Å². The number of hydrogen-bond donors (Lipinski definition) is 1. The van der Waals surface area contributed by atoms with E-state index < -0.39 is 0 Å². The molecule has 0 heterocycles. The first-order valence-electron chi connectivity index (χ1n) is 6.31. The van der Waals surface area contributed by atoms with Gasteiger partial charge in [0.15, 0.2) is 0 Å². The van der Waals surface area contributed by atoms with Gasteiger partial charge in [-0.05, 0) is 33.1 Å². The van der Waals surface area contributed by atoms with Crippen LogP contribution in [-0.2, 0) is 4.79 Å². The summed E-state index contributed by atoms with van der Waals surface area (Å²) >= 11 is 0. The van der Waals surface area contributed by atoms with E-state index in [0.717, 1.165) is 5.57 Å². The Kier molecular flexibility index (Phi) is 9.24. The van der Waals surface area contributed by atoms with Gasteiger partial charge in [-0.3, -0.25) is 4.79 Å². The largest absolute Gasteiger partial charge is 0.350 e. The maximum atomic E-state index is 11.6. The van der Waals surface area contributed by atoms with E-state index in [2.05, 4.69) is 46.2 Å². The molecule has 0 aromatic rings. The minimum absolute atomic E-state index is 0.00737. The second-order valence-corrected chi connectivity index (χ2v) is 5.58. The Morgan fingerprint density at radius 1 is 1.11 bits per heavy atom. The molecule has 1 amide bonds. The van der Waals surface area contributed by atoms with Crippen LogP contribution in [0.25, 0.3) is 0 Å². The van der Waals surface area contributed by atoms with Gasteiger partial charge in [-0.15, -0.1) is 13.2 Å². The van der Waals surface area contributed by atoms with E-state index >= 15 is 0 Å². The quantitative estimate of drug-likeness (QED) is 0.453. The van der Waals surface area contributed by atoms with Crippen LogP contribution in [0.5, 0.6) is 0 Å². The summed E-state index contributed by atoms with van der Waals surface area (Å²) < 4.78 is 0. The third-order valence-electron chi connectivity index (χ3n) is 2.54. The highest BCUT2D eigenvalue weighted by molar-refractivity contribution is 5.93. The third kappa shape index (κ3) is 8.80. The highest BCUT2D eigenvalue weighted by atomic mass is 16.1. The Morgan fingerprint density at radius 3 is 1.89 bits per heavy atom. The number of nitrogens with one attached hydrogen (secondary N) is 1. The zero-order chi connectivity index (χ0) is 14.9. The molecule has 0 aromatic heterocycles. The molecule has 18 heavy (non-hydrogen) atoms. The molecule has 0 saturated heterocycles. The summed E-state index contributed by atoms with van der Waals surface area (Å²) in [6.07, 6.45) is 3.91. The summed E-state index contributed by atoms with van der Waals surface area (Å²) in [5.74, 6) is 0.00737. The van der Waals surface area contributed by atoms with Crippen molar-refractivity contribution in [3.05, 3.63) is 36.5 Å². The van der Waals surface area contributed by atoms with E-state index in [0.29, 0.717) is 0 Å². The van der Waals surface area contributed by atoms with Crippen molar-refractivity contribution >= 4 is 5.91 Å². The molecule has 0 rings (SSSR count). The van der Waals surface area contributed by atoms with Gasteiger partial charge in [-0.25, -0.2) is 0 Å². The number of carbonyl (C=O) groups is 1. The summed E-state index contributed by atoms with van der Waals surface area (Å²) in [7, 11) is 0. The van der Waals surface area contributed by atoms with Crippen LogP contribution in [0.1, 0.15) is 48.5 Å². The van der Waals surface area contributed by atoms with Crippen molar-refractivity contribution in [2.45, 2.75) is 54.5 Å². The molecule has 0 aromatic carbocycles. The van der Waals surface area contributed by atoms with Crippen LogP contribution in [0.2, 0.25) is 0 Å². The van der Waals surface area contributed by atoms with Crippen molar-refractivity contribution in [2.24, 2.45) is 5.41 Å². The molecular weight excluding hydrogens is 222 g/mol. The van der Waals surface area contributed by atoms with Gasteiger partial charge in [0, 0.05) is 11.6 Å². The molecule has 0 saturated carbocycles. The van der Waals surface area contributed by atoms with Crippen molar-refractivity contribution < 1.29 is 4.79 Å². The summed E-state index contributed by atoms with van der Waals surface area (Å²) in [4.78, 5) is 11.6. The van der Waals surface area contributed by atoms with Crippen LogP contribution in [-0.4, -0.2) is 11.9 Å². The van der Waals surface area contributed by atoms with Crippen LogP contribution in [0.4, 0.5) is 0 Å². The molecule has 2 heteroatoms. The first-order chi connectivity index (χ1) is 8.14. The SMILES string of the molecule is C/C(=C\C=C(/C)C(C)(C)C)C(=O)NC(C)C.C=C. The second-order valence-electron chi connectivity index (χ2n) is 5.58. The molecule has 0 fully saturated rings. The van der Waals surface area contributed by atoms with Crippen molar-refractivity contribution in [3.63, 3.8) is 0 Å². The predicted octanol–water partition coefficient (Wildman–Crippen LogP) is 4.25. The summed E-state index contributed by atoms with van der Waals surface area (Å²) in [6, 6.07) is 0.184. The Bertz CT molecular complexity index is 316. The Morgan fingerprint density at radius 2 is 1.56 bits per heavy atom. The molecule has 0 aliphatic carbocycles. The van der Waals surface area contributed by atoms with Crippen LogP contribution >= 0.6 is 0 Å². The number of hydrogen-bond acceptors (Lipinski definition) is 1. The number of rotatable bonds is 3. The lowest BCUT2D eigenvalue weighted by Gasteiger charge is -2.18. The van der Waals surface area contributed by atoms with Gasteiger partial charge in [-0.2, -0.15) is 0 Å². The monoisotopic (exact) mass is 251 g/mol. The average molecular weight is 251 g/mol. The highest BCUT2D eigenvalue weighted by Gasteiger charge is 2.11. The van der Waals surface area contributed by atoms with E-state index in [-0.39, 0.29) is 17.4 Å². The molecule has 0 unspecified atom stereocenters. The maximum Gasteiger partial charge on any atom is 0.247 e. The second kappa shape index (κ2) is 8.73. The van der Waals surface area contributed by atoms with Crippen LogP contribution in [0.3, 0.4) is 0 Å². The van der Waals surface area contributed by atoms with Gasteiger partial charge in [0.2, 0.25) is 5.91 Å². The van der Waals surface area contributed by atoms with E-state index in [1.165, 1.54) is 5.57 Å². The van der Waals surface area contributed by atoms with Gasteiger partial charge >= 0.3 is 0 Å². The van der Waals surface area contributed by atoms with Gasteiger partial charge in [0.05, 0.1) is 0 Å². The van der Waals surface area contributed by atoms with Gasteiger partial charge in [0.25, 0.3) is 0 Å². The topological polar surface area (TPSA) is 29.1 Å². The molecule has 1 N–H and O–H groups in total. The fourth-order valence-corrected chi connectivity index (χ4v) is 0.952. The fourth-order valence-electron chi connectivity index (χ4n) is 0.952. The lowest BCUT2D eigenvalue weighted by atomic mass is 9.87. The summed E-state index contributed by atoms with van der Waals surface area (Å²) in [5.41, 5.74) is 2.17. The smallest absolute Gasteiger partial charge is 0.247 e. The lowest BCUT2D eigenvalue weighted by Crippen LogP contribution is -2.30. The third-order valence-corrected chi connectivity index (χ3v) is 2.54. The van der Waals surface area contributed by atoms with Gasteiger partial charge in [0.1, 0.15) is 0 Å². The first-order valence-corrected chi connectivity index (χ1v) is 6.31. The maximum absolute atomic E-state index is 11.6. The number of allylic oxidation sites excluding steroid dienone is 3. The minimum Gasteiger partial charge on any atom is -0.350 e. The molecule has 0 aliphatic heterocycles. The first kappa shape index (κ1) is 19.0. The molecule has 2 nitrogen and oxygen atoms in total. The molecule has 0 atom stereocenters. The van der Waals surface area contributed by atoms with Gasteiger partial charge < -0.3 is 5.32 Å². The van der Waals surface area contributed by atoms with Gasteiger partial charge in [-0.1, -0.05) is 38.5 Å². The molecule has 0 radical (unpaired) electrons. The van der Waals surface area contributed by atoms with Crippen molar-refractivity contribution in [1.29, 1.82) is 0 Å². The highest BCUT2D eigenvalue weighted by Crippen LogP contribution is 2.24. The summed E-state index contributed by atoms with van der Waals surface area (Å²) in [6.45, 7) is 20.3. The van der Waals surface area contributed by atoms with E-state index in [9.17, 15) is 4.79 Å². The normalized spacial score (nSPS) is 12.9. The van der Waals surface area contributed by atoms with E-state index in [1.807, 2.05) is 32.9 Å². The minimum atomic E-state index is 0.00737. The molecule has 104 valence electrons. The van der Waals surface area contributed by atoms with Crippen molar-refractivity contribution in [2.75, 3.05) is 0 Å². The lowest BCUT2D eigenvalue weighted by molar-refractivity contribution is -0.117. The zero-order valence-electron chi connectivity index (χ0n) is 13.1. The Balaban J connectivity index is 0. The summed E-state index contributed by atoms with van der Waals surface area (Å²) in [5, 5.41) is 2.87. The Hall–Kier alpha value is -1.31. The molecule has 0 spiro atoms. The number of carbonyl (C=O) groups excluding carboxylic acids is 1. The fraction of sp³-hybridized carbons (Fsp3) is 0.562. The van der Waals surface area contributed by atoms with E-state index in [1.54, 1.807) is 0 Å². The Labute approximate surface area is 113 Å². The van der Waals surface area contributed by atoms with E-state index in [4.69, 9.17) is 0 Å². The van der Waals surface area contributed by atoms with Crippen LogP contribution in [0.15, 0.2) is 36.5 Å². The molecular formula is C16H29NO. The van der Waals surface area contributed by atoms with Crippen molar-refractivity contribution in [1.82, 2.24) is 5.32 Å². The van der Waals surface area contributed by atoms with Crippen molar-refractivity contribution in [3.8, 4) is 0 Å². The van der Waals surface area contributed by atoms with Crippen LogP contribution in [0, 0.1) is 5.41 Å².